The zero-order chi connectivity index (χ0) is 18.1. The van der Waals surface area contributed by atoms with Crippen LogP contribution in [0.2, 0.25) is 0 Å². The summed E-state index contributed by atoms with van der Waals surface area (Å²) in [5.74, 6) is 0.107. The Labute approximate surface area is 151 Å². The second kappa shape index (κ2) is 6.41. The summed E-state index contributed by atoms with van der Waals surface area (Å²) in [6.07, 6.45) is 0. The number of nitrogens with zero attached hydrogens (tertiary/aromatic N) is 2. The molecule has 1 N–H and O–H groups in total. The standard InChI is InChI=1S/C18H11N3O4S/c22-17(15-9-10-16(26-15)21(23)24)19-12-7-5-11(6-8-12)18-20-13-3-1-2-4-14(13)25-18/h1-10H,(H,19,22). The van der Waals surface area contributed by atoms with Crippen molar-refractivity contribution in [2.45, 2.75) is 0 Å². The Balaban J connectivity index is 1.51. The minimum Gasteiger partial charge on any atom is -0.436 e. The normalized spacial score (nSPS) is 10.8. The smallest absolute Gasteiger partial charge is 0.324 e. The molecule has 128 valence electrons. The Kier molecular flexibility index (Phi) is 3.94. The highest BCUT2D eigenvalue weighted by Gasteiger charge is 2.15. The minimum absolute atomic E-state index is 0.0681. The Morgan fingerprint density at radius 1 is 1.08 bits per heavy atom. The van der Waals surface area contributed by atoms with Gasteiger partial charge in [0.1, 0.15) is 5.52 Å². The van der Waals surface area contributed by atoms with Gasteiger partial charge in [-0.05, 0) is 42.5 Å². The molecule has 0 fully saturated rings. The van der Waals surface area contributed by atoms with E-state index >= 15 is 0 Å². The van der Waals surface area contributed by atoms with Crippen molar-refractivity contribution < 1.29 is 14.1 Å². The van der Waals surface area contributed by atoms with Crippen LogP contribution in [0.1, 0.15) is 9.67 Å². The van der Waals surface area contributed by atoms with Crippen molar-refractivity contribution in [3.05, 3.63) is 75.7 Å². The fourth-order valence-corrected chi connectivity index (χ4v) is 3.15. The van der Waals surface area contributed by atoms with Gasteiger partial charge < -0.3 is 9.73 Å². The first-order valence-electron chi connectivity index (χ1n) is 7.62. The van der Waals surface area contributed by atoms with E-state index in [0.717, 1.165) is 22.4 Å². The molecule has 4 aromatic rings. The lowest BCUT2D eigenvalue weighted by Gasteiger charge is -2.03. The summed E-state index contributed by atoms with van der Waals surface area (Å²) in [5, 5.41) is 13.3. The van der Waals surface area contributed by atoms with Crippen molar-refractivity contribution in [3.63, 3.8) is 0 Å². The molecule has 2 aromatic heterocycles. The van der Waals surface area contributed by atoms with Gasteiger partial charge in [0.25, 0.3) is 5.91 Å². The van der Waals surface area contributed by atoms with Gasteiger partial charge in [0, 0.05) is 17.3 Å². The van der Waals surface area contributed by atoms with Crippen LogP contribution in [0.3, 0.4) is 0 Å². The van der Waals surface area contributed by atoms with E-state index in [1.54, 1.807) is 24.3 Å². The Bertz CT molecular complexity index is 1080. The van der Waals surface area contributed by atoms with Crippen LogP contribution in [-0.4, -0.2) is 15.8 Å². The Hall–Kier alpha value is -3.52. The molecule has 0 radical (unpaired) electrons. The Morgan fingerprint density at radius 3 is 2.54 bits per heavy atom. The third-order valence-electron chi connectivity index (χ3n) is 3.68. The molecule has 7 nitrogen and oxygen atoms in total. The van der Waals surface area contributed by atoms with Gasteiger partial charge in [-0.15, -0.1) is 0 Å². The van der Waals surface area contributed by atoms with Gasteiger partial charge in [0.05, 0.1) is 9.80 Å². The number of hydrogen-bond acceptors (Lipinski definition) is 6. The van der Waals surface area contributed by atoms with Crippen LogP contribution in [0, 0.1) is 10.1 Å². The molecule has 1 amide bonds. The van der Waals surface area contributed by atoms with Crippen LogP contribution in [0.25, 0.3) is 22.6 Å². The molecule has 0 aliphatic carbocycles. The number of thiophene rings is 1. The van der Waals surface area contributed by atoms with E-state index < -0.39 is 10.8 Å². The van der Waals surface area contributed by atoms with Crippen LogP contribution in [0.5, 0.6) is 0 Å². The summed E-state index contributed by atoms with van der Waals surface area (Å²) in [5.41, 5.74) is 2.84. The number of benzene rings is 2. The average molecular weight is 365 g/mol. The van der Waals surface area contributed by atoms with Crippen LogP contribution in [0.15, 0.2) is 65.1 Å². The molecule has 2 heterocycles. The molecule has 0 aliphatic rings. The van der Waals surface area contributed by atoms with Crippen LogP contribution in [0.4, 0.5) is 10.7 Å². The molecule has 0 aliphatic heterocycles. The number of oxazole rings is 1. The molecule has 4 rings (SSSR count). The molecule has 8 heteroatoms. The van der Waals surface area contributed by atoms with E-state index in [1.807, 2.05) is 24.3 Å². The first kappa shape index (κ1) is 16.0. The van der Waals surface area contributed by atoms with E-state index in [4.69, 9.17) is 4.42 Å². The van der Waals surface area contributed by atoms with E-state index in [-0.39, 0.29) is 9.88 Å². The van der Waals surface area contributed by atoms with E-state index in [9.17, 15) is 14.9 Å². The van der Waals surface area contributed by atoms with E-state index in [2.05, 4.69) is 10.3 Å². The first-order valence-corrected chi connectivity index (χ1v) is 8.43. The molecular formula is C18H11N3O4S. The second-order valence-corrected chi connectivity index (χ2v) is 6.48. The number of carbonyl (C=O) groups excluding carboxylic acids is 1. The molecule has 26 heavy (non-hydrogen) atoms. The van der Waals surface area contributed by atoms with Crippen molar-refractivity contribution >= 4 is 39.0 Å². The third-order valence-corrected chi connectivity index (χ3v) is 4.71. The molecule has 0 atom stereocenters. The van der Waals surface area contributed by atoms with Crippen molar-refractivity contribution in [3.8, 4) is 11.5 Å². The van der Waals surface area contributed by atoms with Gasteiger partial charge in [-0.2, -0.15) is 0 Å². The van der Waals surface area contributed by atoms with Gasteiger partial charge in [0.2, 0.25) is 5.89 Å². The molecule has 0 saturated carbocycles. The maximum absolute atomic E-state index is 12.2. The summed E-state index contributed by atoms with van der Waals surface area (Å²) in [7, 11) is 0. The van der Waals surface area contributed by atoms with Gasteiger partial charge >= 0.3 is 5.00 Å². The lowest BCUT2D eigenvalue weighted by Crippen LogP contribution is -2.09. The van der Waals surface area contributed by atoms with E-state index in [1.165, 1.54) is 12.1 Å². The summed E-state index contributed by atoms with van der Waals surface area (Å²) >= 11 is 0.835. The zero-order valence-corrected chi connectivity index (χ0v) is 14.0. The summed E-state index contributed by atoms with van der Waals surface area (Å²) in [4.78, 5) is 27.1. The highest BCUT2D eigenvalue weighted by Crippen LogP contribution is 2.27. The molecular weight excluding hydrogens is 354 g/mol. The fourth-order valence-electron chi connectivity index (χ4n) is 2.43. The Morgan fingerprint density at radius 2 is 1.85 bits per heavy atom. The average Bonchev–Trinajstić information content (AvgIpc) is 3.29. The second-order valence-electron chi connectivity index (χ2n) is 5.41. The fraction of sp³-hybridized carbons (Fsp3) is 0. The number of nitro groups is 1. The molecule has 2 aromatic carbocycles. The molecule has 0 spiro atoms. The maximum atomic E-state index is 12.2. The van der Waals surface area contributed by atoms with Gasteiger partial charge in [-0.25, -0.2) is 4.98 Å². The molecule has 0 unspecified atom stereocenters. The highest BCUT2D eigenvalue weighted by molar-refractivity contribution is 7.17. The highest BCUT2D eigenvalue weighted by atomic mass is 32.1. The molecule has 0 saturated heterocycles. The number of hydrogen-bond donors (Lipinski definition) is 1. The van der Waals surface area contributed by atoms with Gasteiger partial charge in [0.15, 0.2) is 5.58 Å². The van der Waals surface area contributed by atoms with Gasteiger partial charge in [-0.1, -0.05) is 23.5 Å². The number of carbonyl (C=O) groups is 1. The number of anilines is 1. The molecule has 0 bridgehead atoms. The number of nitrogens with one attached hydrogen (secondary N) is 1. The van der Waals surface area contributed by atoms with Crippen molar-refractivity contribution in [1.29, 1.82) is 0 Å². The number of amides is 1. The zero-order valence-electron chi connectivity index (χ0n) is 13.2. The van der Waals surface area contributed by atoms with Crippen molar-refractivity contribution in [2.75, 3.05) is 5.32 Å². The van der Waals surface area contributed by atoms with Crippen LogP contribution >= 0.6 is 11.3 Å². The van der Waals surface area contributed by atoms with Crippen LogP contribution in [-0.2, 0) is 0 Å². The largest absolute Gasteiger partial charge is 0.436 e. The number of fused-ring (bicyclic) bond motifs is 1. The summed E-state index contributed by atoms with van der Waals surface area (Å²) in [6.45, 7) is 0. The SMILES string of the molecule is O=C(Nc1ccc(-c2nc3ccccc3o2)cc1)c1ccc([N+](=O)[O-])s1. The van der Waals surface area contributed by atoms with Gasteiger partial charge in [-0.3, -0.25) is 14.9 Å². The van der Waals surface area contributed by atoms with Crippen LogP contribution < -0.4 is 5.32 Å². The predicted molar refractivity (Wildman–Crippen MR) is 98.4 cm³/mol. The summed E-state index contributed by atoms with van der Waals surface area (Å²) < 4.78 is 5.71. The van der Waals surface area contributed by atoms with Crippen molar-refractivity contribution in [1.82, 2.24) is 4.98 Å². The van der Waals surface area contributed by atoms with Crippen molar-refractivity contribution in [2.24, 2.45) is 0 Å². The first-order chi connectivity index (χ1) is 12.6. The number of aromatic nitrogens is 1. The monoisotopic (exact) mass is 365 g/mol. The maximum Gasteiger partial charge on any atom is 0.324 e. The lowest BCUT2D eigenvalue weighted by atomic mass is 10.2. The lowest BCUT2D eigenvalue weighted by molar-refractivity contribution is -0.380. The number of para-hydroxylation sites is 2. The van der Waals surface area contributed by atoms with E-state index in [0.29, 0.717) is 17.2 Å². The quantitative estimate of drug-likeness (QED) is 0.417. The number of rotatable bonds is 4. The predicted octanol–water partition coefficient (Wildman–Crippen LogP) is 4.72. The topological polar surface area (TPSA) is 98.3 Å². The minimum atomic E-state index is -0.517. The third kappa shape index (κ3) is 3.05. The summed E-state index contributed by atoms with van der Waals surface area (Å²) in [6, 6.07) is 17.3.